The quantitative estimate of drug-likeness (QED) is 0.916. The van der Waals surface area contributed by atoms with E-state index in [1.54, 1.807) is 7.11 Å². The summed E-state index contributed by atoms with van der Waals surface area (Å²) in [6, 6.07) is 4.27. The molecule has 0 amide bonds. The molecule has 4 nitrogen and oxygen atoms in total. The van der Waals surface area contributed by atoms with Gasteiger partial charge in [0, 0.05) is 18.8 Å². The first-order chi connectivity index (χ1) is 9.08. The molecule has 0 aliphatic rings. The van der Waals surface area contributed by atoms with Gasteiger partial charge in [0.2, 0.25) is 0 Å². The van der Waals surface area contributed by atoms with Gasteiger partial charge in [-0.2, -0.15) is 0 Å². The highest BCUT2D eigenvalue weighted by molar-refractivity contribution is 5.48. The first kappa shape index (κ1) is 13.6. The van der Waals surface area contributed by atoms with E-state index in [9.17, 15) is 0 Å². The Morgan fingerprint density at radius 3 is 2.58 bits per heavy atom. The first-order valence-electron chi connectivity index (χ1n) is 6.37. The summed E-state index contributed by atoms with van der Waals surface area (Å²) in [5, 5.41) is 3.31. The van der Waals surface area contributed by atoms with Gasteiger partial charge in [0.15, 0.2) is 0 Å². The van der Waals surface area contributed by atoms with E-state index in [1.165, 1.54) is 11.1 Å². The van der Waals surface area contributed by atoms with Crippen LogP contribution >= 0.6 is 0 Å². The van der Waals surface area contributed by atoms with Crippen LogP contribution in [0.15, 0.2) is 24.7 Å². The molecule has 0 radical (unpaired) electrons. The molecule has 1 N–H and O–H groups in total. The molecule has 1 atom stereocenters. The van der Waals surface area contributed by atoms with Crippen molar-refractivity contribution in [3.8, 4) is 5.75 Å². The van der Waals surface area contributed by atoms with E-state index in [0.29, 0.717) is 0 Å². The zero-order chi connectivity index (χ0) is 14.0. The second-order valence-corrected chi connectivity index (χ2v) is 4.82. The monoisotopic (exact) mass is 259 g/mol. The van der Waals surface area contributed by atoms with E-state index in [-0.39, 0.29) is 6.04 Å². The Labute approximate surface area is 114 Å². The minimum Gasteiger partial charge on any atom is -0.496 e. The lowest BCUT2D eigenvalue weighted by atomic mass is 9.97. The summed E-state index contributed by atoms with van der Waals surface area (Å²) in [5.41, 5.74) is 4.52. The van der Waals surface area contributed by atoms with Gasteiger partial charge in [0.05, 0.1) is 25.2 Å². The standard InChI is InChI=1S/C15H21N3O/c1-10-6-7-12(15(19-5)11(10)2)14(16-3)13-8-18(4)9-17-13/h6-9,14,16H,1-5H3. The molecular weight excluding hydrogens is 238 g/mol. The number of aryl methyl sites for hydroxylation is 2. The molecule has 0 aliphatic heterocycles. The lowest BCUT2D eigenvalue weighted by molar-refractivity contribution is 0.401. The maximum atomic E-state index is 5.59. The Morgan fingerprint density at radius 1 is 1.32 bits per heavy atom. The summed E-state index contributed by atoms with van der Waals surface area (Å²) < 4.78 is 7.55. The van der Waals surface area contributed by atoms with Crippen LogP contribution in [0, 0.1) is 13.8 Å². The molecular formula is C15H21N3O. The molecule has 4 heteroatoms. The number of ether oxygens (including phenoxy) is 1. The number of aromatic nitrogens is 2. The van der Waals surface area contributed by atoms with Gasteiger partial charge in [-0.3, -0.25) is 0 Å². The van der Waals surface area contributed by atoms with E-state index in [0.717, 1.165) is 17.0 Å². The average Bonchev–Trinajstić information content (AvgIpc) is 2.81. The van der Waals surface area contributed by atoms with Crippen molar-refractivity contribution >= 4 is 0 Å². The number of imidazole rings is 1. The Balaban J connectivity index is 2.52. The maximum absolute atomic E-state index is 5.59. The fourth-order valence-corrected chi connectivity index (χ4v) is 2.35. The van der Waals surface area contributed by atoms with Gasteiger partial charge < -0.3 is 14.6 Å². The summed E-state index contributed by atoms with van der Waals surface area (Å²) in [6.07, 6.45) is 3.84. The van der Waals surface area contributed by atoms with Crippen molar-refractivity contribution in [1.82, 2.24) is 14.9 Å². The number of nitrogens with zero attached hydrogens (tertiary/aromatic N) is 2. The highest BCUT2D eigenvalue weighted by Crippen LogP contribution is 2.33. The zero-order valence-electron chi connectivity index (χ0n) is 12.2. The third-order valence-electron chi connectivity index (χ3n) is 3.53. The molecule has 1 aromatic heterocycles. The largest absolute Gasteiger partial charge is 0.496 e. The van der Waals surface area contributed by atoms with Crippen molar-refractivity contribution in [2.24, 2.45) is 7.05 Å². The van der Waals surface area contributed by atoms with Gasteiger partial charge in [-0.05, 0) is 32.0 Å². The predicted molar refractivity (Wildman–Crippen MR) is 76.6 cm³/mol. The van der Waals surface area contributed by atoms with Gasteiger partial charge >= 0.3 is 0 Å². The van der Waals surface area contributed by atoms with Crippen molar-refractivity contribution < 1.29 is 4.74 Å². The molecule has 0 aliphatic carbocycles. The number of hydrogen-bond donors (Lipinski definition) is 1. The van der Waals surface area contributed by atoms with Crippen LogP contribution in [0.5, 0.6) is 5.75 Å². The van der Waals surface area contributed by atoms with Crippen molar-refractivity contribution in [3.05, 3.63) is 47.0 Å². The second-order valence-electron chi connectivity index (χ2n) is 4.82. The van der Waals surface area contributed by atoms with E-state index in [2.05, 4.69) is 36.3 Å². The first-order valence-corrected chi connectivity index (χ1v) is 6.37. The molecule has 0 saturated heterocycles. The molecule has 0 fully saturated rings. The van der Waals surface area contributed by atoms with E-state index in [1.807, 2.05) is 31.2 Å². The van der Waals surface area contributed by atoms with Crippen LogP contribution in [0.4, 0.5) is 0 Å². The molecule has 0 bridgehead atoms. The maximum Gasteiger partial charge on any atom is 0.127 e. The summed E-state index contributed by atoms with van der Waals surface area (Å²) in [4.78, 5) is 4.44. The fraction of sp³-hybridized carbons (Fsp3) is 0.400. The summed E-state index contributed by atoms with van der Waals surface area (Å²) >= 11 is 0. The van der Waals surface area contributed by atoms with Gasteiger partial charge in [-0.1, -0.05) is 12.1 Å². The van der Waals surface area contributed by atoms with E-state index < -0.39 is 0 Å². The highest BCUT2D eigenvalue weighted by atomic mass is 16.5. The number of benzene rings is 1. The van der Waals surface area contributed by atoms with Crippen LogP contribution in [-0.4, -0.2) is 23.7 Å². The number of nitrogens with one attached hydrogen (secondary N) is 1. The Hall–Kier alpha value is -1.81. The summed E-state index contributed by atoms with van der Waals surface area (Å²) in [7, 11) is 5.63. The normalized spacial score (nSPS) is 12.5. The molecule has 1 heterocycles. The lowest BCUT2D eigenvalue weighted by Crippen LogP contribution is -2.19. The molecule has 19 heavy (non-hydrogen) atoms. The predicted octanol–water partition coefficient (Wildman–Crippen LogP) is 2.35. The number of methoxy groups -OCH3 is 1. The van der Waals surface area contributed by atoms with Crippen molar-refractivity contribution in [2.45, 2.75) is 19.9 Å². The van der Waals surface area contributed by atoms with E-state index >= 15 is 0 Å². The Kier molecular flexibility index (Phi) is 3.90. The molecule has 2 rings (SSSR count). The Bertz CT molecular complexity index is 575. The lowest BCUT2D eigenvalue weighted by Gasteiger charge is -2.20. The van der Waals surface area contributed by atoms with Crippen LogP contribution in [0.1, 0.15) is 28.4 Å². The second kappa shape index (κ2) is 5.45. The zero-order valence-corrected chi connectivity index (χ0v) is 12.2. The molecule has 0 spiro atoms. The van der Waals surface area contributed by atoms with Gasteiger partial charge in [0.25, 0.3) is 0 Å². The third-order valence-corrected chi connectivity index (χ3v) is 3.53. The van der Waals surface area contributed by atoms with Crippen molar-refractivity contribution in [3.63, 3.8) is 0 Å². The minimum atomic E-state index is 0.0375. The van der Waals surface area contributed by atoms with Gasteiger partial charge in [-0.25, -0.2) is 4.98 Å². The van der Waals surface area contributed by atoms with Crippen LogP contribution in [-0.2, 0) is 7.05 Å². The van der Waals surface area contributed by atoms with Crippen LogP contribution < -0.4 is 10.1 Å². The average molecular weight is 259 g/mol. The molecule has 1 aromatic carbocycles. The third kappa shape index (κ3) is 2.49. The minimum absolute atomic E-state index is 0.0375. The van der Waals surface area contributed by atoms with Crippen LogP contribution in [0.2, 0.25) is 0 Å². The molecule has 2 aromatic rings. The highest BCUT2D eigenvalue weighted by Gasteiger charge is 2.20. The number of rotatable bonds is 4. The SMILES string of the molecule is CNC(c1cn(C)cn1)c1ccc(C)c(C)c1OC. The van der Waals surface area contributed by atoms with Crippen molar-refractivity contribution in [2.75, 3.05) is 14.2 Å². The topological polar surface area (TPSA) is 39.1 Å². The summed E-state index contributed by atoms with van der Waals surface area (Å²) in [5.74, 6) is 0.935. The molecule has 1 unspecified atom stereocenters. The number of hydrogen-bond acceptors (Lipinski definition) is 3. The van der Waals surface area contributed by atoms with E-state index in [4.69, 9.17) is 4.74 Å². The van der Waals surface area contributed by atoms with Crippen molar-refractivity contribution in [1.29, 1.82) is 0 Å². The molecule has 0 saturated carbocycles. The Morgan fingerprint density at radius 2 is 2.05 bits per heavy atom. The smallest absolute Gasteiger partial charge is 0.127 e. The fourth-order valence-electron chi connectivity index (χ4n) is 2.35. The van der Waals surface area contributed by atoms with Crippen LogP contribution in [0.25, 0.3) is 0 Å². The van der Waals surface area contributed by atoms with Gasteiger partial charge in [-0.15, -0.1) is 0 Å². The summed E-state index contributed by atoms with van der Waals surface area (Å²) in [6.45, 7) is 4.18. The van der Waals surface area contributed by atoms with Gasteiger partial charge in [0.1, 0.15) is 5.75 Å². The van der Waals surface area contributed by atoms with Crippen LogP contribution in [0.3, 0.4) is 0 Å². The molecule has 102 valence electrons.